The third-order valence-corrected chi connectivity index (χ3v) is 2.81. The van der Waals surface area contributed by atoms with Gasteiger partial charge in [0.25, 0.3) is 0 Å². The van der Waals surface area contributed by atoms with E-state index in [2.05, 4.69) is 9.99 Å². The molecule has 0 saturated heterocycles. The monoisotopic (exact) mass is 257 g/mol. The molecule has 0 unspecified atom stereocenters. The van der Waals surface area contributed by atoms with Gasteiger partial charge in [-0.2, -0.15) is 13.2 Å². The summed E-state index contributed by atoms with van der Waals surface area (Å²) in [7, 11) is 0. The highest BCUT2D eigenvalue weighted by Crippen LogP contribution is 2.32. The standard InChI is InChI=1S/C12H10F3NO2/c1-11(2)9(16-18-10(11)17)7-3-5-8(6-4-7)12(13,14)15/h3-6H,1-2H3. The van der Waals surface area contributed by atoms with E-state index in [0.717, 1.165) is 12.1 Å². The van der Waals surface area contributed by atoms with Crippen LogP contribution in [-0.4, -0.2) is 11.7 Å². The Bertz CT molecular complexity index is 515. The summed E-state index contributed by atoms with van der Waals surface area (Å²) in [6.07, 6.45) is -4.38. The van der Waals surface area contributed by atoms with E-state index >= 15 is 0 Å². The summed E-state index contributed by atoms with van der Waals surface area (Å²) in [5.74, 6) is -0.516. The molecule has 1 aliphatic rings. The van der Waals surface area contributed by atoms with Crippen molar-refractivity contribution in [3.8, 4) is 0 Å². The zero-order valence-electron chi connectivity index (χ0n) is 9.71. The second-order valence-electron chi connectivity index (χ2n) is 4.52. The first-order chi connectivity index (χ1) is 8.23. The lowest BCUT2D eigenvalue weighted by atomic mass is 9.84. The molecule has 96 valence electrons. The molecule has 6 heteroatoms. The van der Waals surface area contributed by atoms with E-state index in [0.29, 0.717) is 11.3 Å². The minimum Gasteiger partial charge on any atom is -0.317 e. The maximum Gasteiger partial charge on any atom is 0.416 e. The minimum absolute atomic E-state index is 0.334. The molecule has 0 spiro atoms. The van der Waals surface area contributed by atoms with Crippen LogP contribution < -0.4 is 0 Å². The summed E-state index contributed by atoms with van der Waals surface area (Å²) in [5, 5.41) is 3.62. The van der Waals surface area contributed by atoms with Gasteiger partial charge in [-0.1, -0.05) is 17.3 Å². The van der Waals surface area contributed by atoms with E-state index < -0.39 is 23.1 Å². The molecule has 0 saturated carbocycles. The molecule has 0 atom stereocenters. The average molecular weight is 257 g/mol. The van der Waals surface area contributed by atoms with Crippen LogP contribution in [-0.2, 0) is 15.8 Å². The Kier molecular flexibility index (Phi) is 2.68. The summed E-state index contributed by atoms with van der Waals surface area (Å²) >= 11 is 0. The van der Waals surface area contributed by atoms with Crippen LogP contribution in [0, 0.1) is 5.41 Å². The van der Waals surface area contributed by atoms with E-state index in [1.807, 2.05) is 0 Å². The number of alkyl halides is 3. The molecule has 0 amide bonds. The zero-order chi connectivity index (χ0) is 13.6. The van der Waals surface area contributed by atoms with Crippen molar-refractivity contribution in [2.24, 2.45) is 10.6 Å². The van der Waals surface area contributed by atoms with Gasteiger partial charge in [-0.3, -0.25) is 0 Å². The Labute approximate surface area is 101 Å². The number of hydrogen-bond acceptors (Lipinski definition) is 3. The molecule has 1 aromatic rings. The van der Waals surface area contributed by atoms with Crippen LogP contribution in [0.2, 0.25) is 0 Å². The van der Waals surface area contributed by atoms with Crippen LogP contribution in [0.4, 0.5) is 13.2 Å². The van der Waals surface area contributed by atoms with Gasteiger partial charge in [-0.25, -0.2) is 4.79 Å². The van der Waals surface area contributed by atoms with E-state index in [1.54, 1.807) is 13.8 Å². The molecule has 1 heterocycles. The number of carbonyl (C=O) groups excluding carboxylic acids is 1. The Morgan fingerprint density at radius 3 is 2.11 bits per heavy atom. The van der Waals surface area contributed by atoms with E-state index in [9.17, 15) is 18.0 Å². The minimum atomic E-state index is -4.38. The summed E-state index contributed by atoms with van der Waals surface area (Å²) in [5.41, 5.74) is -0.908. The highest BCUT2D eigenvalue weighted by Gasteiger charge is 2.42. The molecule has 3 nitrogen and oxygen atoms in total. The Hall–Kier alpha value is -1.85. The van der Waals surface area contributed by atoms with Gasteiger partial charge >= 0.3 is 12.1 Å². The van der Waals surface area contributed by atoms with Gasteiger partial charge in [-0.15, -0.1) is 0 Å². The second kappa shape index (κ2) is 3.83. The number of benzene rings is 1. The van der Waals surface area contributed by atoms with Gasteiger partial charge in [0.2, 0.25) is 0 Å². The lowest BCUT2D eigenvalue weighted by Crippen LogP contribution is -2.29. The summed E-state index contributed by atoms with van der Waals surface area (Å²) < 4.78 is 37.2. The highest BCUT2D eigenvalue weighted by molar-refractivity contribution is 6.17. The number of nitrogens with zero attached hydrogens (tertiary/aromatic N) is 1. The summed E-state index contributed by atoms with van der Waals surface area (Å²) in [6.45, 7) is 3.22. The lowest BCUT2D eigenvalue weighted by molar-refractivity contribution is -0.146. The predicted molar refractivity (Wildman–Crippen MR) is 57.9 cm³/mol. The third-order valence-electron chi connectivity index (χ3n) is 2.81. The van der Waals surface area contributed by atoms with Crippen molar-refractivity contribution < 1.29 is 22.8 Å². The highest BCUT2D eigenvalue weighted by atomic mass is 19.4. The van der Waals surface area contributed by atoms with Gasteiger partial charge in [0.1, 0.15) is 11.1 Å². The SMILES string of the molecule is CC1(C)C(=O)ON=C1c1ccc(C(F)(F)F)cc1. The topological polar surface area (TPSA) is 38.7 Å². The second-order valence-corrected chi connectivity index (χ2v) is 4.52. The molecule has 0 aromatic heterocycles. The fraction of sp³-hybridized carbons (Fsp3) is 0.333. The maximum absolute atomic E-state index is 12.4. The molecule has 1 aromatic carbocycles. The Balaban J connectivity index is 2.35. The number of halogens is 3. The van der Waals surface area contributed by atoms with E-state index in [-0.39, 0.29) is 0 Å². The first kappa shape index (κ1) is 12.6. The fourth-order valence-corrected chi connectivity index (χ4v) is 1.64. The number of carbonyl (C=O) groups is 1. The van der Waals surface area contributed by atoms with Crippen molar-refractivity contribution in [2.75, 3.05) is 0 Å². The summed E-state index contributed by atoms with van der Waals surface area (Å²) in [6, 6.07) is 4.48. The van der Waals surface area contributed by atoms with Crippen molar-refractivity contribution >= 4 is 11.7 Å². The van der Waals surface area contributed by atoms with Crippen LogP contribution in [0.3, 0.4) is 0 Å². The van der Waals surface area contributed by atoms with Crippen molar-refractivity contribution in [1.29, 1.82) is 0 Å². The molecule has 1 aliphatic heterocycles. The first-order valence-electron chi connectivity index (χ1n) is 5.20. The molecule has 0 N–H and O–H groups in total. The number of hydrogen-bond donors (Lipinski definition) is 0. The molecule has 0 fully saturated rings. The zero-order valence-corrected chi connectivity index (χ0v) is 9.71. The van der Waals surface area contributed by atoms with Crippen LogP contribution in [0.5, 0.6) is 0 Å². The summed E-state index contributed by atoms with van der Waals surface area (Å²) in [4.78, 5) is 15.9. The van der Waals surface area contributed by atoms with Crippen molar-refractivity contribution in [3.05, 3.63) is 35.4 Å². The smallest absolute Gasteiger partial charge is 0.317 e. The molecule has 2 rings (SSSR count). The molecule has 0 bridgehead atoms. The van der Waals surface area contributed by atoms with E-state index in [1.165, 1.54) is 12.1 Å². The van der Waals surface area contributed by atoms with Gasteiger partial charge < -0.3 is 4.84 Å². The third kappa shape index (κ3) is 1.98. The van der Waals surface area contributed by atoms with Gasteiger partial charge in [0, 0.05) is 5.56 Å². The largest absolute Gasteiger partial charge is 0.416 e. The molecular weight excluding hydrogens is 247 g/mol. The fourth-order valence-electron chi connectivity index (χ4n) is 1.64. The number of oxime groups is 1. The molecule has 0 radical (unpaired) electrons. The quantitative estimate of drug-likeness (QED) is 0.725. The normalized spacial score (nSPS) is 18.5. The first-order valence-corrected chi connectivity index (χ1v) is 5.20. The van der Waals surface area contributed by atoms with Gasteiger partial charge in [-0.05, 0) is 26.0 Å². The van der Waals surface area contributed by atoms with Crippen LogP contribution >= 0.6 is 0 Å². The van der Waals surface area contributed by atoms with Crippen LogP contribution in [0.15, 0.2) is 29.4 Å². The maximum atomic E-state index is 12.4. The molecular formula is C12H10F3NO2. The Morgan fingerprint density at radius 2 is 1.72 bits per heavy atom. The van der Waals surface area contributed by atoms with Gasteiger partial charge in [0.05, 0.1) is 5.56 Å². The van der Waals surface area contributed by atoms with Crippen LogP contribution in [0.25, 0.3) is 0 Å². The molecule has 18 heavy (non-hydrogen) atoms. The average Bonchev–Trinajstić information content (AvgIpc) is 2.53. The van der Waals surface area contributed by atoms with Crippen molar-refractivity contribution in [2.45, 2.75) is 20.0 Å². The molecule has 0 aliphatic carbocycles. The van der Waals surface area contributed by atoms with Crippen LogP contribution in [0.1, 0.15) is 25.0 Å². The van der Waals surface area contributed by atoms with Crippen molar-refractivity contribution in [3.63, 3.8) is 0 Å². The van der Waals surface area contributed by atoms with Crippen molar-refractivity contribution in [1.82, 2.24) is 0 Å². The van der Waals surface area contributed by atoms with E-state index in [4.69, 9.17) is 0 Å². The van der Waals surface area contributed by atoms with Gasteiger partial charge in [0.15, 0.2) is 0 Å². The Morgan fingerprint density at radius 1 is 1.17 bits per heavy atom. The lowest BCUT2D eigenvalue weighted by Gasteiger charge is -2.15. The number of rotatable bonds is 1. The predicted octanol–water partition coefficient (Wildman–Crippen LogP) is 2.99.